The van der Waals surface area contributed by atoms with Gasteiger partial charge >= 0.3 is 5.97 Å². The van der Waals surface area contributed by atoms with Crippen LogP contribution in [0.1, 0.15) is 78.9 Å². The number of likely N-dealkylation sites (N-methyl/N-ethyl adjacent to an activating group) is 1. The van der Waals surface area contributed by atoms with Gasteiger partial charge in [-0.05, 0) is 53.8 Å². The number of aliphatic hydroxyl groups is 2. The van der Waals surface area contributed by atoms with Gasteiger partial charge in [0, 0.05) is 44.0 Å². The Bertz CT molecular complexity index is 1650. The fraction of sp³-hybridized carbons (Fsp3) is 0.350. The first-order valence-electron chi connectivity index (χ1n) is 16.8. The quantitative estimate of drug-likeness (QED) is 0.116. The molecule has 5 rings (SSSR count). The van der Waals surface area contributed by atoms with Crippen LogP contribution in [0.5, 0.6) is 0 Å². The van der Waals surface area contributed by atoms with Crippen LogP contribution in [0.4, 0.5) is 0 Å². The number of carbonyl (C=O) groups is 2. The highest BCUT2D eigenvalue weighted by atomic mass is 16.7. The molecule has 9 nitrogen and oxygen atoms in total. The molecular formula is C40H46N2O7. The van der Waals surface area contributed by atoms with Crippen molar-refractivity contribution in [3.63, 3.8) is 0 Å². The molecule has 1 saturated heterocycles. The highest BCUT2D eigenvalue weighted by Crippen LogP contribution is 2.39. The van der Waals surface area contributed by atoms with Crippen LogP contribution in [0.2, 0.25) is 0 Å². The first kappa shape index (κ1) is 35.9. The van der Waals surface area contributed by atoms with E-state index < -0.39 is 18.4 Å². The van der Waals surface area contributed by atoms with Crippen LogP contribution in [0, 0.1) is 0 Å². The molecule has 0 spiro atoms. The molecule has 5 atom stereocenters. The van der Waals surface area contributed by atoms with Gasteiger partial charge in [-0.3, -0.25) is 14.5 Å². The van der Waals surface area contributed by atoms with Crippen molar-refractivity contribution in [1.82, 2.24) is 10.2 Å². The Hall–Kier alpha value is -4.38. The molecule has 1 aliphatic heterocycles. The van der Waals surface area contributed by atoms with Crippen LogP contribution in [0.25, 0.3) is 11.1 Å². The summed E-state index contributed by atoms with van der Waals surface area (Å²) in [5.74, 6) is -1.09. The molecule has 1 heterocycles. The van der Waals surface area contributed by atoms with Crippen molar-refractivity contribution in [3.05, 3.63) is 131 Å². The molecule has 4 N–H and O–H groups in total. The number of hydrogen-bond acceptors (Lipinski definition) is 7. The molecule has 1 aliphatic rings. The van der Waals surface area contributed by atoms with Gasteiger partial charge in [-0.2, -0.15) is 0 Å². The molecular weight excluding hydrogens is 620 g/mol. The molecule has 0 unspecified atom stereocenters. The number of ether oxygens (including phenoxy) is 2. The molecule has 1 fully saturated rings. The summed E-state index contributed by atoms with van der Waals surface area (Å²) in [6, 6.07) is 33.2. The Morgan fingerprint density at radius 2 is 1.55 bits per heavy atom. The van der Waals surface area contributed by atoms with E-state index in [2.05, 4.69) is 10.2 Å². The third-order valence-corrected chi connectivity index (χ3v) is 9.18. The number of carboxylic acids is 1. The molecule has 0 aliphatic carbocycles. The minimum absolute atomic E-state index is 0.0266. The van der Waals surface area contributed by atoms with Crippen LogP contribution < -0.4 is 5.32 Å². The SMILES string of the molecule is C[C@@H]([C@H](O)c1ccccc1)N(C)C[C@H]1C[C@@H](c2ccc(CO)cc2)O[C@@H](c2ccc(-c3ccccc3CNC(=O)CCCC(=O)O)cc2)O1. The van der Waals surface area contributed by atoms with E-state index in [1.807, 2.05) is 117 Å². The highest BCUT2D eigenvalue weighted by Gasteiger charge is 2.34. The normalized spacial score (nSPS) is 18.9. The number of carboxylic acid groups (broad SMARTS) is 1. The Balaban J connectivity index is 1.31. The molecule has 49 heavy (non-hydrogen) atoms. The van der Waals surface area contributed by atoms with E-state index in [4.69, 9.17) is 14.6 Å². The van der Waals surface area contributed by atoms with Crippen molar-refractivity contribution in [3.8, 4) is 11.1 Å². The highest BCUT2D eigenvalue weighted by molar-refractivity contribution is 5.77. The summed E-state index contributed by atoms with van der Waals surface area (Å²) < 4.78 is 13.2. The monoisotopic (exact) mass is 666 g/mol. The Morgan fingerprint density at radius 1 is 0.878 bits per heavy atom. The van der Waals surface area contributed by atoms with Crippen LogP contribution >= 0.6 is 0 Å². The summed E-state index contributed by atoms with van der Waals surface area (Å²) in [4.78, 5) is 25.2. The van der Waals surface area contributed by atoms with Crippen LogP contribution in [-0.4, -0.2) is 57.8 Å². The van der Waals surface area contributed by atoms with E-state index in [1.54, 1.807) is 0 Å². The summed E-state index contributed by atoms with van der Waals surface area (Å²) in [5, 5.41) is 32.4. The molecule has 0 radical (unpaired) electrons. The number of benzene rings is 4. The molecule has 0 saturated carbocycles. The molecule has 0 bridgehead atoms. The van der Waals surface area contributed by atoms with Crippen molar-refractivity contribution in [1.29, 1.82) is 0 Å². The number of nitrogens with one attached hydrogen (secondary N) is 1. The van der Waals surface area contributed by atoms with Gasteiger partial charge in [0.1, 0.15) is 0 Å². The van der Waals surface area contributed by atoms with Gasteiger partial charge < -0.3 is 30.1 Å². The van der Waals surface area contributed by atoms with E-state index >= 15 is 0 Å². The summed E-state index contributed by atoms with van der Waals surface area (Å²) in [5.41, 5.74) is 6.49. The third-order valence-electron chi connectivity index (χ3n) is 9.18. The van der Waals surface area contributed by atoms with Crippen LogP contribution in [-0.2, 0) is 32.2 Å². The van der Waals surface area contributed by atoms with Crippen molar-refractivity contribution in [2.45, 2.75) is 76.4 Å². The standard InChI is InChI=1S/C40H46N2O7/c1-27(39(47)31-9-4-3-5-10-31)42(2)25-34-23-36(30-17-15-28(26-43)16-18-30)49-40(48-34)32-21-19-29(20-22-32)35-12-7-6-11-33(35)24-41-37(44)13-8-14-38(45)46/h3-7,9-12,15-22,27,34,36,39-40,43,47H,8,13-14,23-26H2,1-2H3,(H,41,44)(H,45,46)/t27-,34+,36-,39-,40-/m0/s1. The lowest BCUT2D eigenvalue weighted by Gasteiger charge is -2.39. The van der Waals surface area contributed by atoms with E-state index in [0.29, 0.717) is 25.9 Å². The number of rotatable bonds is 15. The average molecular weight is 667 g/mol. The largest absolute Gasteiger partial charge is 0.481 e. The third kappa shape index (κ3) is 9.84. The first-order chi connectivity index (χ1) is 23.7. The van der Waals surface area contributed by atoms with Gasteiger partial charge in [-0.15, -0.1) is 0 Å². The Morgan fingerprint density at radius 3 is 2.24 bits per heavy atom. The van der Waals surface area contributed by atoms with E-state index in [9.17, 15) is 19.8 Å². The van der Waals surface area contributed by atoms with E-state index in [-0.39, 0.29) is 43.6 Å². The summed E-state index contributed by atoms with van der Waals surface area (Å²) in [6.45, 7) is 2.91. The number of nitrogens with zero attached hydrogens (tertiary/aromatic N) is 1. The molecule has 4 aromatic carbocycles. The number of aliphatic hydroxyl groups excluding tert-OH is 2. The maximum absolute atomic E-state index is 12.3. The van der Waals surface area contributed by atoms with E-state index in [0.717, 1.165) is 38.9 Å². The maximum atomic E-state index is 12.3. The Labute approximate surface area is 288 Å². The van der Waals surface area contributed by atoms with Gasteiger partial charge in [-0.1, -0.05) is 103 Å². The van der Waals surface area contributed by atoms with Gasteiger partial charge in [0.05, 0.1) is 24.9 Å². The maximum Gasteiger partial charge on any atom is 0.303 e. The van der Waals surface area contributed by atoms with Crippen molar-refractivity contribution < 1.29 is 34.4 Å². The number of carbonyl (C=O) groups excluding carboxylic acids is 1. The van der Waals surface area contributed by atoms with Crippen molar-refractivity contribution in [2.75, 3.05) is 13.6 Å². The van der Waals surface area contributed by atoms with Crippen LogP contribution in [0.15, 0.2) is 103 Å². The summed E-state index contributed by atoms with van der Waals surface area (Å²) in [6.07, 6.45) is -0.634. The second-order valence-electron chi connectivity index (χ2n) is 12.7. The molecule has 0 aromatic heterocycles. The summed E-state index contributed by atoms with van der Waals surface area (Å²) >= 11 is 0. The fourth-order valence-corrected chi connectivity index (χ4v) is 6.15. The van der Waals surface area contributed by atoms with Gasteiger partial charge in [0.25, 0.3) is 0 Å². The zero-order valence-corrected chi connectivity index (χ0v) is 28.1. The number of amides is 1. The second kappa shape index (κ2) is 17.3. The van der Waals surface area contributed by atoms with Gasteiger partial charge in [0.2, 0.25) is 5.91 Å². The smallest absolute Gasteiger partial charge is 0.303 e. The summed E-state index contributed by atoms with van der Waals surface area (Å²) in [7, 11) is 2.00. The molecule has 4 aromatic rings. The topological polar surface area (TPSA) is 129 Å². The molecule has 1 amide bonds. The zero-order chi connectivity index (χ0) is 34.8. The fourth-order valence-electron chi connectivity index (χ4n) is 6.15. The second-order valence-corrected chi connectivity index (χ2v) is 12.7. The molecule has 258 valence electrons. The van der Waals surface area contributed by atoms with Crippen LogP contribution in [0.3, 0.4) is 0 Å². The van der Waals surface area contributed by atoms with Crippen molar-refractivity contribution in [2.24, 2.45) is 0 Å². The van der Waals surface area contributed by atoms with Gasteiger partial charge in [-0.25, -0.2) is 0 Å². The zero-order valence-electron chi connectivity index (χ0n) is 28.1. The predicted octanol–water partition coefficient (Wildman–Crippen LogP) is 6.32. The predicted molar refractivity (Wildman–Crippen MR) is 187 cm³/mol. The lowest BCUT2D eigenvalue weighted by atomic mass is 9.97. The number of aliphatic carboxylic acids is 1. The minimum Gasteiger partial charge on any atom is -0.481 e. The van der Waals surface area contributed by atoms with E-state index in [1.165, 1.54) is 0 Å². The first-order valence-corrected chi connectivity index (χ1v) is 16.8. The minimum atomic E-state index is -0.908. The van der Waals surface area contributed by atoms with Crippen molar-refractivity contribution >= 4 is 11.9 Å². The van der Waals surface area contributed by atoms with Gasteiger partial charge in [0.15, 0.2) is 6.29 Å². The lowest BCUT2D eigenvalue weighted by molar-refractivity contribution is -0.253. The average Bonchev–Trinajstić information content (AvgIpc) is 3.13. The Kier molecular flexibility index (Phi) is 12.7. The lowest BCUT2D eigenvalue weighted by Crippen LogP contribution is -2.43. The number of hydrogen-bond donors (Lipinski definition) is 4. The molecule has 9 heteroatoms.